The molecule has 24 heavy (non-hydrogen) atoms. The second-order valence-electron chi connectivity index (χ2n) is 5.60. The second-order valence-corrected chi connectivity index (χ2v) is 5.60. The first kappa shape index (κ1) is 20.4. The van der Waals surface area contributed by atoms with Crippen LogP contribution in [0.25, 0.3) is 11.4 Å². The molecule has 1 aromatic carbocycles. The average molecular weight is 374 g/mol. The Hall–Kier alpha value is -1.60. The predicted molar refractivity (Wildman–Crippen MR) is 95.9 cm³/mol. The summed E-state index contributed by atoms with van der Waals surface area (Å²) in [6.07, 6.45) is 4.31. The predicted octanol–water partition coefficient (Wildman–Crippen LogP) is 1.90. The maximum atomic E-state index is 11.5. The number of nitrogens with zero attached hydrogens (tertiary/aromatic N) is 2. The van der Waals surface area contributed by atoms with Crippen molar-refractivity contribution in [3.8, 4) is 11.4 Å². The molecule has 1 saturated heterocycles. The number of halogens is 2. The Kier molecular flexibility index (Phi) is 7.23. The smallest absolute Gasteiger partial charge is 0.337 e. The minimum Gasteiger partial charge on any atom is -0.465 e. The lowest BCUT2D eigenvalue weighted by Crippen LogP contribution is -2.36. The van der Waals surface area contributed by atoms with E-state index in [-0.39, 0.29) is 30.8 Å². The number of imidazole rings is 1. The molecule has 1 aliphatic heterocycles. The minimum absolute atomic E-state index is 0. The molecule has 2 aromatic rings. The van der Waals surface area contributed by atoms with Crippen LogP contribution in [0, 0.1) is 0 Å². The van der Waals surface area contributed by atoms with Crippen LogP contribution in [0.3, 0.4) is 0 Å². The van der Waals surface area contributed by atoms with Crippen LogP contribution in [0.1, 0.15) is 16.8 Å². The van der Waals surface area contributed by atoms with Gasteiger partial charge in [-0.2, -0.15) is 0 Å². The number of hydrogen-bond donors (Lipinski definition) is 2. The van der Waals surface area contributed by atoms with Crippen LogP contribution in [0.4, 0.5) is 0 Å². The van der Waals surface area contributed by atoms with Gasteiger partial charge < -0.3 is 19.7 Å². The monoisotopic (exact) mass is 373 g/mol. The van der Waals surface area contributed by atoms with E-state index in [0.29, 0.717) is 18.7 Å². The summed E-state index contributed by atoms with van der Waals surface area (Å²) in [7, 11) is 1.36. The van der Waals surface area contributed by atoms with Crippen molar-refractivity contribution in [3.05, 3.63) is 42.2 Å². The molecule has 3 rings (SSSR count). The van der Waals surface area contributed by atoms with Crippen molar-refractivity contribution in [1.29, 1.82) is 0 Å². The van der Waals surface area contributed by atoms with E-state index in [0.717, 1.165) is 24.4 Å². The van der Waals surface area contributed by atoms with E-state index in [4.69, 9.17) is 4.74 Å². The Morgan fingerprint density at radius 1 is 1.38 bits per heavy atom. The van der Waals surface area contributed by atoms with Gasteiger partial charge in [0.1, 0.15) is 5.82 Å². The molecule has 1 unspecified atom stereocenters. The number of ether oxygens (including phenoxy) is 1. The quantitative estimate of drug-likeness (QED) is 0.800. The first-order valence-corrected chi connectivity index (χ1v) is 7.24. The first-order valence-electron chi connectivity index (χ1n) is 7.24. The van der Waals surface area contributed by atoms with Crippen molar-refractivity contribution < 1.29 is 14.6 Å². The van der Waals surface area contributed by atoms with Crippen LogP contribution < -0.4 is 5.32 Å². The average Bonchev–Trinajstić information content (AvgIpc) is 3.16. The van der Waals surface area contributed by atoms with Crippen LogP contribution in [-0.2, 0) is 11.3 Å². The molecule has 8 heteroatoms. The highest BCUT2D eigenvalue weighted by molar-refractivity contribution is 5.89. The summed E-state index contributed by atoms with van der Waals surface area (Å²) in [5, 5.41) is 13.7. The van der Waals surface area contributed by atoms with Crippen molar-refractivity contribution in [2.75, 3.05) is 20.2 Å². The zero-order chi connectivity index (χ0) is 15.6. The summed E-state index contributed by atoms with van der Waals surface area (Å²) >= 11 is 0. The fraction of sp³-hybridized carbons (Fsp3) is 0.375. The van der Waals surface area contributed by atoms with Crippen molar-refractivity contribution in [3.63, 3.8) is 0 Å². The van der Waals surface area contributed by atoms with E-state index in [1.807, 2.05) is 22.9 Å². The van der Waals surface area contributed by atoms with Crippen LogP contribution in [0.15, 0.2) is 36.7 Å². The highest BCUT2D eigenvalue weighted by atomic mass is 35.5. The fourth-order valence-electron chi connectivity index (χ4n) is 2.75. The van der Waals surface area contributed by atoms with Gasteiger partial charge in [0.25, 0.3) is 0 Å². The summed E-state index contributed by atoms with van der Waals surface area (Å²) in [5.41, 5.74) is 0.664. The fourth-order valence-corrected chi connectivity index (χ4v) is 2.75. The minimum atomic E-state index is -0.735. The summed E-state index contributed by atoms with van der Waals surface area (Å²) in [6, 6.07) is 7.10. The van der Waals surface area contributed by atoms with Gasteiger partial charge in [0.2, 0.25) is 0 Å². The van der Waals surface area contributed by atoms with Crippen molar-refractivity contribution in [2.45, 2.75) is 18.6 Å². The molecule has 1 aromatic heterocycles. The maximum Gasteiger partial charge on any atom is 0.337 e. The van der Waals surface area contributed by atoms with Gasteiger partial charge in [0.05, 0.1) is 24.8 Å². The summed E-state index contributed by atoms with van der Waals surface area (Å²) < 4.78 is 6.64. The van der Waals surface area contributed by atoms with Gasteiger partial charge in [0, 0.05) is 24.5 Å². The lowest BCUT2D eigenvalue weighted by atomic mass is 10.0. The van der Waals surface area contributed by atoms with Crippen LogP contribution in [0.2, 0.25) is 0 Å². The number of aliphatic hydroxyl groups is 1. The maximum absolute atomic E-state index is 11.5. The Morgan fingerprint density at radius 2 is 2.08 bits per heavy atom. The topological polar surface area (TPSA) is 76.4 Å². The second kappa shape index (κ2) is 8.48. The third-order valence-electron chi connectivity index (χ3n) is 3.97. The first-order chi connectivity index (χ1) is 10.6. The Labute approximate surface area is 153 Å². The molecule has 0 saturated carbocycles. The number of aromatic nitrogens is 2. The van der Waals surface area contributed by atoms with E-state index in [2.05, 4.69) is 10.3 Å². The number of hydrogen-bond acceptors (Lipinski definition) is 5. The molecule has 1 atom stereocenters. The SMILES string of the molecule is COC(=O)c1ccc(-c2nccn2CC2(O)CCNC2)cc1.Cl.Cl. The molecule has 2 N–H and O–H groups in total. The van der Waals surface area contributed by atoms with Crippen molar-refractivity contribution >= 4 is 30.8 Å². The van der Waals surface area contributed by atoms with Crippen molar-refractivity contribution in [2.24, 2.45) is 0 Å². The van der Waals surface area contributed by atoms with Crippen LogP contribution >= 0.6 is 24.8 Å². The highest BCUT2D eigenvalue weighted by Crippen LogP contribution is 2.23. The molecule has 0 radical (unpaired) electrons. The number of carbonyl (C=O) groups is 1. The standard InChI is InChI=1S/C16H19N3O3.2ClH/c1-22-15(20)13-4-2-12(3-5-13)14-18-8-9-19(14)11-16(21)6-7-17-10-16;;/h2-5,8-9,17,21H,6-7,10-11H2,1H3;2*1H. The van der Waals surface area contributed by atoms with E-state index in [1.54, 1.807) is 18.3 Å². The van der Waals surface area contributed by atoms with E-state index in [1.165, 1.54) is 7.11 Å². The van der Waals surface area contributed by atoms with Gasteiger partial charge in [-0.15, -0.1) is 24.8 Å². The number of nitrogens with one attached hydrogen (secondary N) is 1. The molecule has 132 valence electrons. The van der Waals surface area contributed by atoms with Gasteiger partial charge >= 0.3 is 5.97 Å². The third-order valence-corrected chi connectivity index (χ3v) is 3.97. The molecular formula is C16H21Cl2N3O3. The number of rotatable bonds is 4. The summed E-state index contributed by atoms with van der Waals surface area (Å²) in [4.78, 5) is 15.8. The molecular weight excluding hydrogens is 353 g/mol. The number of β-amino-alcohol motifs (C(OH)–C–C–N with tert-alkyl or cyclic N) is 1. The molecule has 6 nitrogen and oxygen atoms in total. The molecule has 1 aliphatic rings. The van der Waals surface area contributed by atoms with Gasteiger partial charge in [-0.3, -0.25) is 0 Å². The number of carbonyl (C=O) groups excluding carboxylic acids is 1. The van der Waals surface area contributed by atoms with Gasteiger partial charge in [0.15, 0.2) is 0 Å². The van der Waals surface area contributed by atoms with Crippen LogP contribution in [0.5, 0.6) is 0 Å². The van der Waals surface area contributed by atoms with Gasteiger partial charge in [-0.1, -0.05) is 12.1 Å². The van der Waals surface area contributed by atoms with E-state index in [9.17, 15) is 9.90 Å². The molecule has 0 spiro atoms. The lowest BCUT2D eigenvalue weighted by Gasteiger charge is -2.22. The number of esters is 1. The van der Waals surface area contributed by atoms with Crippen LogP contribution in [-0.4, -0.2) is 46.4 Å². The molecule has 1 fully saturated rings. The lowest BCUT2D eigenvalue weighted by molar-refractivity contribution is 0.0436. The Balaban J connectivity index is 0.00000144. The van der Waals surface area contributed by atoms with Crippen molar-refractivity contribution in [1.82, 2.24) is 14.9 Å². The van der Waals surface area contributed by atoms with Gasteiger partial charge in [-0.05, 0) is 25.1 Å². The Morgan fingerprint density at radius 3 is 2.67 bits per heavy atom. The summed E-state index contributed by atoms with van der Waals surface area (Å²) in [5.74, 6) is 0.415. The van der Waals surface area contributed by atoms with E-state index >= 15 is 0 Å². The molecule has 0 aliphatic carbocycles. The number of benzene rings is 1. The summed E-state index contributed by atoms with van der Waals surface area (Å²) in [6.45, 7) is 1.91. The highest BCUT2D eigenvalue weighted by Gasteiger charge is 2.32. The number of methoxy groups -OCH3 is 1. The van der Waals surface area contributed by atoms with Gasteiger partial charge in [-0.25, -0.2) is 9.78 Å². The van der Waals surface area contributed by atoms with E-state index < -0.39 is 5.60 Å². The Bertz CT molecular complexity index is 667. The normalized spacial score (nSPS) is 19.2. The molecule has 0 amide bonds. The zero-order valence-corrected chi connectivity index (χ0v) is 14.9. The third kappa shape index (κ3) is 4.27. The zero-order valence-electron chi connectivity index (χ0n) is 13.3. The molecule has 0 bridgehead atoms. The largest absolute Gasteiger partial charge is 0.465 e. The molecule has 2 heterocycles.